The predicted octanol–water partition coefficient (Wildman–Crippen LogP) is 2.71. The molecule has 2 saturated heterocycles. The molecule has 39 heavy (non-hydrogen) atoms. The highest BCUT2D eigenvalue weighted by atomic mass is 16.2. The standard InChI is InChI=1S/C31H43N5O3/c1-5-25(32-2)29(37)34-28-23(20-35(3)4)16-17-24-18-19-26(36(24)31(28)39)30(38)33-27(21-12-8-6-9-13-21)22-14-10-7-11-15-22/h6-15,23-28,32H,5,16-20H2,1-4H3,(H,33,38)(H,34,37)/t23?,24-,25-,26-,28-/m0/s1. The van der Waals surface area contributed by atoms with E-state index in [-0.39, 0.29) is 41.8 Å². The molecule has 210 valence electrons. The van der Waals surface area contributed by atoms with E-state index in [2.05, 4.69) is 20.9 Å². The molecule has 0 radical (unpaired) electrons. The van der Waals surface area contributed by atoms with Gasteiger partial charge in [-0.15, -0.1) is 0 Å². The first-order chi connectivity index (χ1) is 18.8. The minimum atomic E-state index is -0.667. The molecule has 1 unspecified atom stereocenters. The van der Waals surface area contributed by atoms with Crippen LogP contribution in [-0.2, 0) is 14.4 Å². The monoisotopic (exact) mass is 533 g/mol. The average molecular weight is 534 g/mol. The van der Waals surface area contributed by atoms with Crippen LogP contribution in [0.4, 0.5) is 0 Å². The molecule has 2 fully saturated rings. The molecule has 0 aromatic heterocycles. The Morgan fingerprint density at radius 1 is 0.949 bits per heavy atom. The van der Waals surface area contributed by atoms with Crippen molar-refractivity contribution in [3.63, 3.8) is 0 Å². The average Bonchev–Trinajstić information content (AvgIpc) is 3.33. The Hall–Kier alpha value is -3.23. The number of likely N-dealkylation sites (N-methyl/N-ethyl adjacent to an activating group) is 1. The number of rotatable bonds is 10. The molecule has 3 N–H and O–H groups in total. The summed E-state index contributed by atoms with van der Waals surface area (Å²) in [5, 5.41) is 9.38. The van der Waals surface area contributed by atoms with Crippen molar-refractivity contribution in [2.24, 2.45) is 5.92 Å². The third-order valence-corrected chi connectivity index (χ3v) is 8.19. The zero-order valence-electron chi connectivity index (χ0n) is 23.6. The highest BCUT2D eigenvalue weighted by Gasteiger charge is 2.48. The Kier molecular flexibility index (Phi) is 9.75. The number of carbonyl (C=O) groups is 3. The van der Waals surface area contributed by atoms with E-state index in [9.17, 15) is 14.4 Å². The molecule has 2 aliphatic rings. The normalized spacial score (nSPS) is 23.8. The molecule has 0 bridgehead atoms. The van der Waals surface area contributed by atoms with Gasteiger partial charge in [-0.2, -0.15) is 0 Å². The summed E-state index contributed by atoms with van der Waals surface area (Å²) in [6.07, 6.45) is 3.67. The van der Waals surface area contributed by atoms with Crippen molar-refractivity contribution in [3.05, 3.63) is 71.8 Å². The lowest BCUT2D eigenvalue weighted by Crippen LogP contribution is -2.59. The van der Waals surface area contributed by atoms with E-state index in [4.69, 9.17) is 0 Å². The van der Waals surface area contributed by atoms with Crippen LogP contribution in [0.2, 0.25) is 0 Å². The molecule has 0 saturated carbocycles. The zero-order valence-corrected chi connectivity index (χ0v) is 23.6. The Morgan fingerprint density at radius 2 is 1.54 bits per heavy atom. The summed E-state index contributed by atoms with van der Waals surface area (Å²) in [5.74, 6) is -0.492. The van der Waals surface area contributed by atoms with Crippen LogP contribution in [0.25, 0.3) is 0 Å². The van der Waals surface area contributed by atoms with Gasteiger partial charge in [0.2, 0.25) is 17.7 Å². The van der Waals surface area contributed by atoms with Gasteiger partial charge in [0.15, 0.2) is 0 Å². The summed E-state index contributed by atoms with van der Waals surface area (Å²) in [4.78, 5) is 45.0. The van der Waals surface area contributed by atoms with E-state index in [1.165, 1.54) is 0 Å². The van der Waals surface area contributed by atoms with E-state index >= 15 is 0 Å². The summed E-state index contributed by atoms with van der Waals surface area (Å²) >= 11 is 0. The number of carbonyl (C=O) groups excluding carboxylic acids is 3. The maximum atomic E-state index is 14.2. The van der Waals surface area contributed by atoms with Crippen LogP contribution in [0.5, 0.6) is 0 Å². The smallest absolute Gasteiger partial charge is 0.246 e. The molecule has 5 atom stereocenters. The lowest BCUT2D eigenvalue weighted by molar-refractivity contribution is -0.144. The number of nitrogens with one attached hydrogen (secondary N) is 3. The minimum Gasteiger partial charge on any atom is -0.343 e. The van der Waals surface area contributed by atoms with Gasteiger partial charge in [-0.25, -0.2) is 0 Å². The van der Waals surface area contributed by atoms with Crippen molar-refractivity contribution in [3.8, 4) is 0 Å². The van der Waals surface area contributed by atoms with Gasteiger partial charge >= 0.3 is 0 Å². The van der Waals surface area contributed by atoms with Gasteiger partial charge in [0.1, 0.15) is 12.1 Å². The van der Waals surface area contributed by atoms with Gasteiger partial charge in [0.25, 0.3) is 0 Å². The summed E-state index contributed by atoms with van der Waals surface area (Å²) in [6, 6.07) is 17.9. The van der Waals surface area contributed by atoms with Gasteiger partial charge in [-0.1, -0.05) is 67.6 Å². The van der Waals surface area contributed by atoms with Gasteiger partial charge in [-0.05, 0) is 64.4 Å². The van der Waals surface area contributed by atoms with Crippen LogP contribution in [0.15, 0.2) is 60.7 Å². The number of hydrogen-bond acceptors (Lipinski definition) is 5. The number of hydrogen-bond donors (Lipinski definition) is 3. The van der Waals surface area contributed by atoms with Crippen molar-refractivity contribution in [1.82, 2.24) is 25.8 Å². The van der Waals surface area contributed by atoms with E-state index in [1.807, 2.05) is 81.7 Å². The van der Waals surface area contributed by atoms with Crippen molar-refractivity contribution in [2.45, 2.75) is 69.2 Å². The molecule has 4 rings (SSSR count). The summed E-state index contributed by atoms with van der Waals surface area (Å²) in [7, 11) is 5.73. The van der Waals surface area contributed by atoms with Crippen LogP contribution in [-0.4, -0.2) is 79.4 Å². The van der Waals surface area contributed by atoms with Gasteiger partial charge in [-0.3, -0.25) is 14.4 Å². The van der Waals surface area contributed by atoms with Crippen molar-refractivity contribution in [2.75, 3.05) is 27.7 Å². The fourth-order valence-corrected chi connectivity index (χ4v) is 6.20. The van der Waals surface area contributed by atoms with Crippen LogP contribution < -0.4 is 16.0 Å². The lowest BCUT2D eigenvalue weighted by atomic mass is 9.92. The topological polar surface area (TPSA) is 93.8 Å². The molecule has 2 aliphatic heterocycles. The lowest BCUT2D eigenvalue weighted by Gasteiger charge is -2.34. The van der Waals surface area contributed by atoms with E-state index < -0.39 is 12.1 Å². The zero-order chi connectivity index (χ0) is 27.9. The first-order valence-corrected chi connectivity index (χ1v) is 14.2. The molecule has 3 amide bonds. The van der Waals surface area contributed by atoms with Crippen molar-refractivity contribution in [1.29, 1.82) is 0 Å². The Morgan fingerprint density at radius 3 is 2.08 bits per heavy atom. The largest absolute Gasteiger partial charge is 0.343 e. The van der Waals surface area contributed by atoms with Crippen LogP contribution in [0.1, 0.15) is 56.2 Å². The maximum absolute atomic E-state index is 14.2. The highest BCUT2D eigenvalue weighted by Crippen LogP contribution is 2.35. The summed E-state index contributed by atoms with van der Waals surface area (Å²) in [5.41, 5.74) is 1.98. The van der Waals surface area contributed by atoms with Crippen molar-refractivity contribution < 1.29 is 14.4 Å². The van der Waals surface area contributed by atoms with E-state index in [0.29, 0.717) is 19.4 Å². The molecule has 8 nitrogen and oxygen atoms in total. The number of nitrogens with zero attached hydrogens (tertiary/aromatic N) is 2. The fraction of sp³-hybridized carbons (Fsp3) is 0.516. The molecule has 2 aromatic rings. The third kappa shape index (κ3) is 6.68. The summed E-state index contributed by atoms with van der Waals surface area (Å²) in [6.45, 7) is 2.63. The second-order valence-electron chi connectivity index (χ2n) is 11.1. The molecule has 2 heterocycles. The minimum absolute atomic E-state index is 0.00186. The Balaban J connectivity index is 1.60. The summed E-state index contributed by atoms with van der Waals surface area (Å²) < 4.78 is 0. The molecule has 0 spiro atoms. The van der Waals surface area contributed by atoms with Crippen LogP contribution in [0.3, 0.4) is 0 Å². The molecule has 8 heteroatoms. The SMILES string of the molecule is CC[C@H](NC)C(=O)N[C@@H]1C(=O)N2[C@@H](CCC1CN(C)C)CC[C@H]2C(=O)NC(c1ccccc1)c1ccccc1. The fourth-order valence-electron chi connectivity index (χ4n) is 6.20. The first-order valence-electron chi connectivity index (χ1n) is 14.2. The second-order valence-corrected chi connectivity index (χ2v) is 11.1. The molecular formula is C31H43N5O3. The van der Waals surface area contributed by atoms with Gasteiger partial charge in [0.05, 0.1) is 12.1 Å². The molecular weight excluding hydrogens is 490 g/mol. The third-order valence-electron chi connectivity index (χ3n) is 8.19. The highest BCUT2D eigenvalue weighted by molar-refractivity contribution is 5.94. The first kappa shape index (κ1) is 28.8. The van der Waals surface area contributed by atoms with Gasteiger partial charge < -0.3 is 25.8 Å². The van der Waals surface area contributed by atoms with Crippen LogP contribution in [0, 0.1) is 5.92 Å². The van der Waals surface area contributed by atoms with E-state index in [0.717, 1.165) is 30.4 Å². The second kappa shape index (κ2) is 13.2. The molecule has 0 aliphatic carbocycles. The van der Waals surface area contributed by atoms with Crippen molar-refractivity contribution >= 4 is 17.7 Å². The van der Waals surface area contributed by atoms with Crippen LogP contribution >= 0.6 is 0 Å². The Bertz CT molecular complexity index is 1070. The number of benzene rings is 2. The quantitative estimate of drug-likeness (QED) is 0.437. The maximum Gasteiger partial charge on any atom is 0.246 e. The van der Waals surface area contributed by atoms with Gasteiger partial charge in [0, 0.05) is 18.5 Å². The Labute approximate surface area is 232 Å². The predicted molar refractivity (Wildman–Crippen MR) is 153 cm³/mol. The number of fused-ring (bicyclic) bond motifs is 1. The number of amides is 3. The molecule has 2 aromatic carbocycles. The van der Waals surface area contributed by atoms with E-state index in [1.54, 1.807) is 11.9 Å².